The molecule has 6 nitrogen and oxygen atoms in total. The number of aliphatic carboxylic acids is 1. The maximum Gasteiger partial charge on any atom is 0.573 e. The van der Waals surface area contributed by atoms with Gasteiger partial charge in [0, 0.05) is 16.6 Å². The van der Waals surface area contributed by atoms with Gasteiger partial charge in [-0.3, -0.25) is 14.2 Å². The monoisotopic (exact) mass is 463 g/mol. The zero-order valence-electron chi connectivity index (χ0n) is 18.7. The molecule has 0 aliphatic carbocycles. The molecule has 1 heterocycles. The molecular weight excluding hydrogens is 439 g/mol. The Morgan fingerprint density at radius 2 is 1.55 bits per heavy atom. The van der Waals surface area contributed by atoms with Gasteiger partial charge in [-0.2, -0.15) is 0 Å². The van der Waals surface area contributed by atoms with E-state index >= 15 is 0 Å². The Balaban J connectivity index is 2.24. The molecule has 33 heavy (non-hydrogen) atoms. The van der Waals surface area contributed by atoms with Gasteiger partial charge in [0.15, 0.2) is 0 Å². The van der Waals surface area contributed by atoms with Crippen molar-refractivity contribution >= 4 is 22.8 Å². The van der Waals surface area contributed by atoms with Crippen molar-refractivity contribution in [3.8, 4) is 11.5 Å². The van der Waals surface area contributed by atoms with Crippen LogP contribution >= 0.6 is 0 Å². The summed E-state index contributed by atoms with van der Waals surface area (Å²) in [6, 6.07) is 8.77. The summed E-state index contributed by atoms with van der Waals surface area (Å²) in [5.74, 6) is -2.22. The van der Waals surface area contributed by atoms with E-state index < -0.39 is 34.8 Å². The fraction of sp³-hybridized carbons (Fsp3) is 0.333. The van der Waals surface area contributed by atoms with Crippen LogP contribution in [0.2, 0.25) is 0 Å². The zero-order chi connectivity index (χ0) is 24.9. The van der Waals surface area contributed by atoms with E-state index in [1.807, 2.05) is 0 Å². The molecule has 2 N–H and O–H groups in total. The normalized spacial score (nSPS) is 14.2. The van der Waals surface area contributed by atoms with Crippen molar-refractivity contribution in [2.24, 2.45) is 5.41 Å². The SMILES string of the molecule is Cc1c([C@](C)(C(=O)O)C(C)(C)C)c2cc(O)ccc2n1C(=O)c1ccc(OC(F)(F)F)cc1. The number of hydrogen-bond acceptors (Lipinski definition) is 4. The van der Waals surface area contributed by atoms with Crippen molar-refractivity contribution in [1.82, 2.24) is 4.57 Å². The molecule has 0 saturated heterocycles. The maximum absolute atomic E-state index is 13.4. The molecule has 0 amide bonds. The first-order chi connectivity index (χ1) is 15.1. The molecule has 0 fully saturated rings. The van der Waals surface area contributed by atoms with Gasteiger partial charge in [-0.15, -0.1) is 13.2 Å². The van der Waals surface area contributed by atoms with E-state index in [2.05, 4.69) is 4.74 Å². The number of carbonyl (C=O) groups excluding carboxylic acids is 1. The lowest BCUT2D eigenvalue weighted by Gasteiger charge is -2.39. The summed E-state index contributed by atoms with van der Waals surface area (Å²) in [6.45, 7) is 8.49. The Morgan fingerprint density at radius 1 is 0.970 bits per heavy atom. The summed E-state index contributed by atoms with van der Waals surface area (Å²) < 4.78 is 42.5. The lowest BCUT2D eigenvalue weighted by molar-refractivity contribution is -0.274. The van der Waals surface area contributed by atoms with Gasteiger partial charge in [-0.1, -0.05) is 20.8 Å². The van der Waals surface area contributed by atoms with Gasteiger partial charge < -0.3 is 14.9 Å². The number of carboxylic acid groups (broad SMARTS) is 1. The van der Waals surface area contributed by atoms with E-state index in [4.69, 9.17) is 0 Å². The van der Waals surface area contributed by atoms with Crippen molar-refractivity contribution in [2.45, 2.75) is 46.4 Å². The van der Waals surface area contributed by atoms with Crippen LogP contribution in [0, 0.1) is 12.3 Å². The highest BCUT2D eigenvalue weighted by molar-refractivity contribution is 6.06. The van der Waals surface area contributed by atoms with Gasteiger partial charge in [0.1, 0.15) is 11.5 Å². The van der Waals surface area contributed by atoms with Gasteiger partial charge in [-0.05, 0) is 67.3 Å². The number of hydrogen-bond donors (Lipinski definition) is 2. The fourth-order valence-electron chi connectivity index (χ4n) is 4.03. The van der Waals surface area contributed by atoms with Gasteiger partial charge in [0.2, 0.25) is 0 Å². The molecule has 0 unspecified atom stereocenters. The Kier molecular flexibility index (Phi) is 5.73. The van der Waals surface area contributed by atoms with Crippen molar-refractivity contribution in [3.63, 3.8) is 0 Å². The van der Waals surface area contributed by atoms with Gasteiger partial charge in [0.05, 0.1) is 10.9 Å². The molecule has 0 bridgehead atoms. The third kappa shape index (κ3) is 4.15. The number of alkyl halides is 3. The predicted octanol–water partition coefficient (Wildman–Crippen LogP) is 5.63. The molecule has 1 aromatic heterocycles. The highest BCUT2D eigenvalue weighted by Gasteiger charge is 2.49. The van der Waals surface area contributed by atoms with Crippen molar-refractivity contribution in [1.29, 1.82) is 0 Å². The predicted molar refractivity (Wildman–Crippen MR) is 116 cm³/mol. The Morgan fingerprint density at radius 3 is 2.03 bits per heavy atom. The zero-order valence-corrected chi connectivity index (χ0v) is 18.7. The van der Waals surface area contributed by atoms with E-state index in [0.717, 1.165) is 12.1 Å². The third-order valence-corrected chi connectivity index (χ3v) is 6.15. The van der Waals surface area contributed by atoms with Crippen molar-refractivity contribution < 1.29 is 37.7 Å². The molecular formula is C24H24F3NO5. The number of rotatable bonds is 4. The number of aromatic hydroxyl groups is 1. The molecule has 0 aliphatic rings. The topological polar surface area (TPSA) is 88.8 Å². The number of halogens is 3. The van der Waals surface area contributed by atoms with Crippen LogP contribution in [0.25, 0.3) is 10.9 Å². The molecule has 1 atom stereocenters. The number of carboxylic acids is 1. The summed E-state index contributed by atoms with van der Waals surface area (Å²) in [5.41, 5.74) is -1.02. The average molecular weight is 463 g/mol. The lowest BCUT2D eigenvalue weighted by Crippen LogP contribution is -2.45. The van der Waals surface area contributed by atoms with Crippen LogP contribution in [-0.4, -0.2) is 33.0 Å². The van der Waals surface area contributed by atoms with E-state index in [1.165, 1.54) is 34.9 Å². The quantitative estimate of drug-likeness (QED) is 0.524. The van der Waals surface area contributed by atoms with E-state index in [9.17, 15) is 33.0 Å². The lowest BCUT2D eigenvalue weighted by atomic mass is 9.63. The third-order valence-electron chi connectivity index (χ3n) is 6.15. The molecule has 9 heteroatoms. The number of fused-ring (bicyclic) bond motifs is 1. The minimum atomic E-state index is -4.86. The number of benzene rings is 2. The number of carbonyl (C=O) groups is 2. The standard InChI is InChI=1S/C24H24F3NO5/c1-13-19(23(5,21(31)32)22(2,3)4)17-12-15(29)8-11-18(17)28(13)20(30)14-6-9-16(10-7-14)33-24(25,26)27/h6-12,29H,1-5H3,(H,31,32)/t23-/m1/s1. The van der Waals surface area contributed by atoms with Crippen LogP contribution in [0.4, 0.5) is 13.2 Å². The van der Waals surface area contributed by atoms with E-state index in [-0.39, 0.29) is 11.3 Å². The van der Waals surface area contributed by atoms with Crippen LogP contribution in [0.3, 0.4) is 0 Å². The van der Waals surface area contributed by atoms with Crippen molar-refractivity contribution in [2.75, 3.05) is 0 Å². The largest absolute Gasteiger partial charge is 0.573 e. The van der Waals surface area contributed by atoms with Crippen LogP contribution in [-0.2, 0) is 10.2 Å². The molecule has 2 aromatic carbocycles. The summed E-state index contributed by atoms with van der Waals surface area (Å²) in [6.07, 6.45) is -4.86. The molecule has 3 aromatic rings. The highest BCUT2D eigenvalue weighted by Crippen LogP contribution is 2.47. The molecule has 0 radical (unpaired) electrons. The number of aromatic nitrogens is 1. The van der Waals surface area contributed by atoms with Gasteiger partial charge in [-0.25, -0.2) is 0 Å². The summed E-state index contributed by atoms with van der Waals surface area (Å²) in [4.78, 5) is 25.9. The van der Waals surface area contributed by atoms with Crippen LogP contribution in [0.1, 0.15) is 49.3 Å². The van der Waals surface area contributed by atoms with Crippen LogP contribution in [0.15, 0.2) is 42.5 Å². The van der Waals surface area contributed by atoms with Crippen molar-refractivity contribution in [3.05, 3.63) is 59.3 Å². The second-order valence-electron chi connectivity index (χ2n) is 9.05. The molecule has 176 valence electrons. The second kappa shape index (κ2) is 7.83. The van der Waals surface area contributed by atoms with E-state index in [0.29, 0.717) is 22.2 Å². The Bertz CT molecular complexity index is 1240. The highest BCUT2D eigenvalue weighted by atomic mass is 19.4. The van der Waals surface area contributed by atoms with E-state index in [1.54, 1.807) is 34.6 Å². The summed E-state index contributed by atoms with van der Waals surface area (Å²) >= 11 is 0. The van der Waals surface area contributed by atoms with Crippen LogP contribution < -0.4 is 4.74 Å². The smallest absolute Gasteiger partial charge is 0.508 e. The first kappa shape index (κ1) is 24.2. The first-order valence-corrected chi connectivity index (χ1v) is 10.1. The number of phenolic OH excluding ortho intramolecular Hbond substituents is 1. The summed E-state index contributed by atoms with van der Waals surface area (Å²) in [7, 11) is 0. The minimum absolute atomic E-state index is 0.0805. The van der Waals surface area contributed by atoms with Gasteiger partial charge in [0.25, 0.3) is 5.91 Å². The van der Waals surface area contributed by atoms with Crippen LogP contribution in [0.5, 0.6) is 11.5 Å². The number of phenols is 1. The number of ether oxygens (including phenoxy) is 1. The number of nitrogens with zero attached hydrogens (tertiary/aromatic N) is 1. The minimum Gasteiger partial charge on any atom is -0.508 e. The molecule has 0 aliphatic heterocycles. The fourth-order valence-corrected chi connectivity index (χ4v) is 4.03. The molecule has 0 spiro atoms. The second-order valence-corrected chi connectivity index (χ2v) is 9.05. The van der Waals surface area contributed by atoms with Gasteiger partial charge >= 0.3 is 12.3 Å². The average Bonchev–Trinajstić information content (AvgIpc) is 2.96. The maximum atomic E-state index is 13.4. The first-order valence-electron chi connectivity index (χ1n) is 10.1. The molecule has 0 saturated carbocycles. The summed E-state index contributed by atoms with van der Waals surface area (Å²) in [5, 5.41) is 20.7. The Hall–Kier alpha value is -3.49. The Labute approximate surface area is 188 Å². The molecule has 3 rings (SSSR count).